The number of halogens is 3. The monoisotopic (exact) mass is 436 g/mol. The number of urea groups is 1. The molecular weight excluding hydrogens is 417 g/mol. The van der Waals surface area contributed by atoms with E-state index in [0.717, 1.165) is 17.0 Å². The summed E-state index contributed by atoms with van der Waals surface area (Å²) in [5.74, 6) is -1.19. The van der Waals surface area contributed by atoms with E-state index in [1.54, 1.807) is 29.9 Å². The topological polar surface area (TPSA) is 83.9 Å². The van der Waals surface area contributed by atoms with Crippen molar-refractivity contribution in [2.75, 3.05) is 11.4 Å². The summed E-state index contributed by atoms with van der Waals surface area (Å²) in [6.45, 7) is 0.277. The van der Waals surface area contributed by atoms with Crippen molar-refractivity contribution in [3.05, 3.63) is 48.3 Å². The van der Waals surface area contributed by atoms with E-state index in [0.29, 0.717) is 12.1 Å². The zero-order valence-electron chi connectivity index (χ0n) is 16.4. The number of nitrogens with one attached hydrogen (secondary N) is 1. The molecule has 0 unspecified atom stereocenters. The minimum absolute atomic E-state index is 0.156. The van der Waals surface area contributed by atoms with Gasteiger partial charge in [0.1, 0.15) is 17.5 Å². The first-order valence-electron chi connectivity index (χ1n) is 9.56. The van der Waals surface area contributed by atoms with Gasteiger partial charge in [0.25, 0.3) is 11.8 Å². The van der Waals surface area contributed by atoms with E-state index in [-0.39, 0.29) is 30.6 Å². The third-order valence-electron chi connectivity index (χ3n) is 5.39. The van der Waals surface area contributed by atoms with Crippen molar-refractivity contribution >= 4 is 23.5 Å². The van der Waals surface area contributed by atoms with Gasteiger partial charge in [0.2, 0.25) is 0 Å². The van der Waals surface area contributed by atoms with Gasteiger partial charge in [0.05, 0.1) is 5.69 Å². The third kappa shape index (κ3) is 4.07. The van der Waals surface area contributed by atoms with Crippen LogP contribution in [-0.2, 0) is 11.8 Å². The number of rotatable bonds is 4. The van der Waals surface area contributed by atoms with Crippen LogP contribution >= 0.6 is 0 Å². The summed E-state index contributed by atoms with van der Waals surface area (Å²) in [6, 6.07) is 6.41. The summed E-state index contributed by atoms with van der Waals surface area (Å²) in [6.07, 6.45) is -2.34. The normalized spacial score (nSPS) is 21.3. The number of hydrogen-bond donors (Lipinski definition) is 1. The third-order valence-corrected chi connectivity index (χ3v) is 5.39. The predicted octanol–water partition coefficient (Wildman–Crippen LogP) is 2.65. The lowest BCUT2D eigenvalue weighted by Crippen LogP contribution is -2.50. The number of imide groups is 1. The van der Waals surface area contributed by atoms with Crippen LogP contribution in [0.2, 0.25) is 0 Å². The Morgan fingerprint density at radius 3 is 2.48 bits per heavy atom. The highest BCUT2D eigenvalue weighted by Crippen LogP contribution is 2.32. The van der Waals surface area contributed by atoms with Crippen LogP contribution < -0.4 is 15.0 Å². The smallest absolute Gasteiger partial charge is 0.406 e. The second-order valence-corrected chi connectivity index (χ2v) is 7.41. The molecule has 2 fully saturated rings. The van der Waals surface area contributed by atoms with E-state index in [1.165, 1.54) is 17.0 Å². The zero-order valence-corrected chi connectivity index (χ0v) is 16.4. The number of carbonyl (C=O) groups is 3. The quantitative estimate of drug-likeness (QED) is 0.747. The van der Waals surface area contributed by atoms with Gasteiger partial charge < -0.3 is 19.5 Å². The number of ether oxygens (including phenoxy) is 1. The molecule has 2 aliphatic rings. The Hall–Kier alpha value is -3.50. The van der Waals surface area contributed by atoms with E-state index < -0.39 is 30.1 Å². The summed E-state index contributed by atoms with van der Waals surface area (Å²) in [7, 11) is 1.75. The van der Waals surface area contributed by atoms with Crippen molar-refractivity contribution in [1.82, 2.24) is 14.8 Å². The number of hydrogen-bond acceptors (Lipinski definition) is 4. The van der Waals surface area contributed by atoms with Gasteiger partial charge in [-0.2, -0.15) is 0 Å². The lowest BCUT2D eigenvalue weighted by Gasteiger charge is -2.32. The first kappa shape index (κ1) is 20.8. The van der Waals surface area contributed by atoms with Crippen LogP contribution in [0, 0.1) is 0 Å². The van der Waals surface area contributed by atoms with Crippen LogP contribution in [0.15, 0.2) is 42.6 Å². The summed E-state index contributed by atoms with van der Waals surface area (Å²) >= 11 is 0. The fraction of sp³-hybridized carbons (Fsp3) is 0.350. The van der Waals surface area contributed by atoms with E-state index in [1.807, 2.05) is 0 Å². The number of aryl methyl sites for hydroxylation is 1. The molecule has 11 heteroatoms. The Bertz CT molecular complexity index is 1020. The Morgan fingerprint density at radius 2 is 1.87 bits per heavy atom. The van der Waals surface area contributed by atoms with Gasteiger partial charge in [-0.05, 0) is 49.2 Å². The second-order valence-electron chi connectivity index (χ2n) is 7.41. The largest absolute Gasteiger partial charge is 0.573 e. The lowest BCUT2D eigenvalue weighted by atomic mass is 9.98. The average Bonchev–Trinajstić information content (AvgIpc) is 3.23. The van der Waals surface area contributed by atoms with E-state index in [9.17, 15) is 27.6 Å². The highest BCUT2D eigenvalue weighted by Gasteiger charge is 2.48. The van der Waals surface area contributed by atoms with Gasteiger partial charge in [-0.15, -0.1) is 13.2 Å². The minimum Gasteiger partial charge on any atom is -0.406 e. The fourth-order valence-corrected chi connectivity index (χ4v) is 3.92. The first-order valence-corrected chi connectivity index (χ1v) is 9.56. The van der Waals surface area contributed by atoms with Crippen LogP contribution in [0.1, 0.15) is 23.3 Å². The maximum atomic E-state index is 12.9. The Balaban J connectivity index is 1.45. The zero-order chi connectivity index (χ0) is 22.3. The molecule has 1 N–H and O–H groups in total. The van der Waals surface area contributed by atoms with Crippen molar-refractivity contribution < 1.29 is 32.3 Å². The molecule has 0 radical (unpaired) electrons. The molecule has 1 aromatic carbocycles. The number of fused-ring (bicyclic) bond motifs is 1. The lowest BCUT2D eigenvalue weighted by molar-refractivity contribution is -0.274. The fourth-order valence-electron chi connectivity index (χ4n) is 3.92. The van der Waals surface area contributed by atoms with Crippen molar-refractivity contribution in [3.8, 4) is 5.75 Å². The number of anilines is 1. The Labute approximate surface area is 175 Å². The predicted molar refractivity (Wildman–Crippen MR) is 102 cm³/mol. The Morgan fingerprint density at radius 1 is 1.16 bits per heavy atom. The SMILES string of the molecule is Cn1cccc1C(=O)N[C@H]1CCN2C(=O)N(c3ccc(OC(F)(F)F)cc3)C(=O)[C@@H]2C1. The number of nitrogens with zero attached hydrogens (tertiary/aromatic N) is 3. The number of carbonyl (C=O) groups excluding carboxylic acids is 3. The molecule has 2 atom stereocenters. The number of benzene rings is 1. The number of amides is 4. The molecule has 4 amide bonds. The average molecular weight is 436 g/mol. The van der Waals surface area contributed by atoms with E-state index >= 15 is 0 Å². The van der Waals surface area contributed by atoms with E-state index in [4.69, 9.17) is 0 Å². The molecular formula is C20H19F3N4O4. The molecule has 1 aromatic heterocycles. The maximum Gasteiger partial charge on any atom is 0.573 e. The number of piperidine rings is 1. The van der Waals surface area contributed by atoms with Crippen molar-refractivity contribution in [2.24, 2.45) is 7.05 Å². The van der Waals surface area contributed by atoms with Gasteiger partial charge >= 0.3 is 12.4 Å². The second kappa shape index (κ2) is 7.64. The summed E-state index contributed by atoms with van der Waals surface area (Å²) in [4.78, 5) is 40.5. The molecule has 2 aliphatic heterocycles. The standard InChI is InChI=1S/C20H19F3N4O4/c1-25-9-2-3-15(25)17(28)24-12-8-10-26-16(11-12)18(29)27(19(26)30)13-4-6-14(7-5-13)31-20(21,22)23/h2-7,9,12,16H,8,10-11H2,1H3,(H,24,28)/t12-,16-/m0/s1. The van der Waals surface area contributed by atoms with Crippen LogP contribution in [0.4, 0.5) is 23.7 Å². The van der Waals surface area contributed by atoms with Gasteiger partial charge in [0, 0.05) is 25.8 Å². The highest BCUT2D eigenvalue weighted by molar-refractivity contribution is 6.21. The van der Waals surface area contributed by atoms with Crippen LogP contribution in [-0.4, -0.2) is 52.3 Å². The molecule has 31 heavy (non-hydrogen) atoms. The number of alkyl halides is 3. The van der Waals surface area contributed by atoms with Crippen LogP contribution in [0.3, 0.4) is 0 Å². The molecule has 2 saturated heterocycles. The first-order chi connectivity index (χ1) is 14.6. The molecule has 0 saturated carbocycles. The van der Waals surface area contributed by atoms with Crippen molar-refractivity contribution in [3.63, 3.8) is 0 Å². The van der Waals surface area contributed by atoms with Crippen LogP contribution in [0.5, 0.6) is 5.75 Å². The van der Waals surface area contributed by atoms with Crippen molar-refractivity contribution in [1.29, 1.82) is 0 Å². The molecule has 0 aliphatic carbocycles. The highest BCUT2D eigenvalue weighted by atomic mass is 19.4. The minimum atomic E-state index is -4.83. The Kier molecular flexibility index (Phi) is 5.11. The van der Waals surface area contributed by atoms with Gasteiger partial charge in [0.15, 0.2) is 0 Å². The summed E-state index contributed by atoms with van der Waals surface area (Å²) < 4.78 is 42.5. The van der Waals surface area contributed by atoms with Gasteiger partial charge in [-0.3, -0.25) is 9.59 Å². The van der Waals surface area contributed by atoms with Gasteiger partial charge in [-0.25, -0.2) is 9.69 Å². The number of aromatic nitrogens is 1. The molecule has 8 nitrogen and oxygen atoms in total. The van der Waals surface area contributed by atoms with Gasteiger partial charge in [-0.1, -0.05) is 0 Å². The van der Waals surface area contributed by atoms with E-state index in [2.05, 4.69) is 10.1 Å². The molecule has 4 rings (SSSR count). The molecule has 3 heterocycles. The molecule has 164 valence electrons. The van der Waals surface area contributed by atoms with Crippen LogP contribution in [0.25, 0.3) is 0 Å². The molecule has 2 aromatic rings. The van der Waals surface area contributed by atoms with Crippen molar-refractivity contribution in [2.45, 2.75) is 31.3 Å². The summed E-state index contributed by atoms with van der Waals surface area (Å²) in [5.41, 5.74) is 0.641. The summed E-state index contributed by atoms with van der Waals surface area (Å²) in [5, 5.41) is 2.90. The molecule has 0 bridgehead atoms. The maximum absolute atomic E-state index is 12.9. The molecule has 0 spiro atoms.